The van der Waals surface area contributed by atoms with Gasteiger partial charge in [-0.05, 0) is 31.0 Å². The number of anilines is 1. The van der Waals surface area contributed by atoms with Crippen molar-refractivity contribution in [3.05, 3.63) is 29.0 Å². The second-order valence-electron chi connectivity index (χ2n) is 5.54. The summed E-state index contributed by atoms with van der Waals surface area (Å²) < 4.78 is 13.4. The summed E-state index contributed by atoms with van der Waals surface area (Å²) in [7, 11) is 0. The van der Waals surface area contributed by atoms with Crippen molar-refractivity contribution in [3.63, 3.8) is 0 Å². The van der Waals surface area contributed by atoms with E-state index in [2.05, 4.69) is 5.32 Å². The molecule has 1 aliphatic rings. The molecule has 0 aliphatic carbocycles. The first-order chi connectivity index (χ1) is 10.5. The van der Waals surface area contributed by atoms with Gasteiger partial charge >= 0.3 is 0 Å². The first-order valence-corrected chi connectivity index (χ1v) is 7.89. The molecule has 2 rings (SSSR count). The van der Waals surface area contributed by atoms with E-state index in [0.717, 1.165) is 12.8 Å². The summed E-state index contributed by atoms with van der Waals surface area (Å²) >= 11 is 5.61. The van der Waals surface area contributed by atoms with Crippen LogP contribution in [0.3, 0.4) is 0 Å². The second kappa shape index (κ2) is 7.09. The number of halogens is 2. The van der Waals surface area contributed by atoms with Crippen LogP contribution in [0.4, 0.5) is 10.1 Å². The molecule has 0 spiro atoms. The number of carbonyl (C=O) groups is 2. The van der Waals surface area contributed by atoms with Gasteiger partial charge in [0.25, 0.3) is 0 Å². The van der Waals surface area contributed by atoms with Gasteiger partial charge in [-0.15, -0.1) is 0 Å². The minimum Gasteiger partial charge on any atom is -0.339 e. The molecule has 1 N–H and O–H groups in total. The largest absolute Gasteiger partial charge is 0.339 e. The van der Waals surface area contributed by atoms with Crippen LogP contribution in [0.25, 0.3) is 0 Å². The maximum absolute atomic E-state index is 13.4. The molecule has 0 aromatic heterocycles. The summed E-state index contributed by atoms with van der Waals surface area (Å²) in [6.45, 7) is 4.49. The van der Waals surface area contributed by atoms with Gasteiger partial charge in [-0.25, -0.2) is 4.39 Å². The Bertz CT molecular complexity index is 575. The first-order valence-electron chi connectivity index (χ1n) is 7.51. The number of nitrogens with zero attached hydrogens (tertiary/aromatic N) is 1. The summed E-state index contributed by atoms with van der Waals surface area (Å²) in [5.74, 6) is -1.23. The minimum absolute atomic E-state index is 0.00829. The van der Waals surface area contributed by atoms with Crippen molar-refractivity contribution >= 4 is 29.1 Å². The molecule has 1 aromatic carbocycles. The van der Waals surface area contributed by atoms with Crippen LogP contribution in [-0.4, -0.2) is 29.3 Å². The van der Waals surface area contributed by atoms with Gasteiger partial charge in [0.1, 0.15) is 5.82 Å². The van der Waals surface area contributed by atoms with Gasteiger partial charge in [-0.1, -0.05) is 25.4 Å². The van der Waals surface area contributed by atoms with Crippen LogP contribution in [0.15, 0.2) is 18.2 Å². The minimum atomic E-state index is -0.583. The maximum atomic E-state index is 13.4. The summed E-state index contributed by atoms with van der Waals surface area (Å²) in [4.78, 5) is 26.1. The lowest BCUT2D eigenvalue weighted by Gasteiger charge is -2.26. The molecule has 1 fully saturated rings. The number of rotatable bonds is 5. The molecule has 1 heterocycles. The highest BCUT2D eigenvalue weighted by molar-refractivity contribution is 6.30. The van der Waals surface area contributed by atoms with Crippen LogP contribution in [0.5, 0.6) is 0 Å². The third-order valence-electron chi connectivity index (χ3n) is 4.10. The number of hydrogen-bond acceptors (Lipinski definition) is 2. The molecule has 2 amide bonds. The quantitative estimate of drug-likeness (QED) is 0.901. The Labute approximate surface area is 134 Å². The highest BCUT2D eigenvalue weighted by atomic mass is 35.5. The lowest BCUT2D eigenvalue weighted by molar-refractivity contribution is -0.130. The molecule has 1 atom stereocenters. The number of nitrogens with one attached hydrogen (secondary N) is 1. The van der Waals surface area contributed by atoms with Gasteiger partial charge in [0.15, 0.2) is 0 Å². The molecule has 120 valence electrons. The van der Waals surface area contributed by atoms with E-state index in [1.807, 2.05) is 13.8 Å². The molecular weight excluding hydrogens is 307 g/mol. The summed E-state index contributed by atoms with van der Waals surface area (Å²) in [5.41, 5.74) is 0.348. The zero-order valence-electron chi connectivity index (χ0n) is 12.7. The Hall–Kier alpha value is -1.62. The first kappa shape index (κ1) is 16.7. The van der Waals surface area contributed by atoms with Crippen molar-refractivity contribution in [3.8, 4) is 0 Å². The van der Waals surface area contributed by atoms with Crippen molar-refractivity contribution in [2.75, 3.05) is 11.9 Å². The van der Waals surface area contributed by atoms with Crippen LogP contribution in [0, 0.1) is 11.7 Å². The van der Waals surface area contributed by atoms with Gasteiger partial charge in [0.05, 0.1) is 10.9 Å². The lowest BCUT2D eigenvalue weighted by atomic mass is 10.1. The molecule has 1 saturated heterocycles. The molecule has 4 nitrogen and oxygen atoms in total. The SMILES string of the molecule is CCC(CC)N1CC(C(=O)Nc2ccc(Cl)c(F)c2)CC1=O. The van der Waals surface area contributed by atoms with Gasteiger partial charge < -0.3 is 10.2 Å². The topological polar surface area (TPSA) is 49.4 Å². The Morgan fingerprint density at radius 3 is 2.73 bits per heavy atom. The third kappa shape index (κ3) is 3.58. The molecule has 0 radical (unpaired) electrons. The zero-order valence-corrected chi connectivity index (χ0v) is 13.5. The number of benzene rings is 1. The maximum Gasteiger partial charge on any atom is 0.229 e. The molecule has 1 aromatic rings. The average molecular weight is 327 g/mol. The number of likely N-dealkylation sites (tertiary alicyclic amines) is 1. The van der Waals surface area contributed by atoms with Gasteiger partial charge in [-0.3, -0.25) is 9.59 Å². The van der Waals surface area contributed by atoms with Crippen molar-refractivity contribution in [2.45, 2.75) is 39.2 Å². The predicted molar refractivity (Wildman–Crippen MR) is 84.2 cm³/mol. The zero-order chi connectivity index (χ0) is 16.3. The average Bonchev–Trinajstić information content (AvgIpc) is 2.87. The fraction of sp³-hybridized carbons (Fsp3) is 0.500. The normalized spacial score (nSPS) is 18.1. The van der Waals surface area contributed by atoms with E-state index < -0.39 is 11.7 Å². The van der Waals surface area contributed by atoms with Crippen molar-refractivity contribution < 1.29 is 14.0 Å². The summed E-state index contributed by atoms with van der Waals surface area (Å²) in [6, 6.07) is 4.29. The Morgan fingerprint density at radius 1 is 1.45 bits per heavy atom. The van der Waals surface area contributed by atoms with E-state index in [0.29, 0.717) is 12.2 Å². The van der Waals surface area contributed by atoms with Gasteiger partial charge in [-0.2, -0.15) is 0 Å². The lowest BCUT2D eigenvalue weighted by Crippen LogP contribution is -2.36. The van der Waals surface area contributed by atoms with E-state index in [1.165, 1.54) is 12.1 Å². The van der Waals surface area contributed by atoms with Crippen molar-refractivity contribution in [2.24, 2.45) is 5.92 Å². The molecular formula is C16H20ClFN2O2. The van der Waals surface area contributed by atoms with E-state index >= 15 is 0 Å². The molecule has 1 unspecified atom stereocenters. The monoisotopic (exact) mass is 326 g/mol. The van der Waals surface area contributed by atoms with Crippen molar-refractivity contribution in [1.82, 2.24) is 4.90 Å². The molecule has 0 saturated carbocycles. The van der Waals surface area contributed by atoms with Crippen molar-refractivity contribution in [1.29, 1.82) is 0 Å². The molecule has 22 heavy (non-hydrogen) atoms. The van der Waals surface area contributed by atoms with Crippen LogP contribution < -0.4 is 5.32 Å². The van der Waals surface area contributed by atoms with E-state index in [1.54, 1.807) is 11.0 Å². The summed E-state index contributed by atoms with van der Waals surface area (Å²) in [6.07, 6.45) is 1.95. The van der Waals surface area contributed by atoms with E-state index in [4.69, 9.17) is 11.6 Å². The van der Waals surface area contributed by atoms with Crippen LogP contribution in [0.1, 0.15) is 33.1 Å². The molecule has 6 heteroatoms. The fourth-order valence-electron chi connectivity index (χ4n) is 2.81. The van der Waals surface area contributed by atoms with Crippen LogP contribution in [-0.2, 0) is 9.59 Å². The Morgan fingerprint density at radius 2 is 2.14 bits per heavy atom. The van der Waals surface area contributed by atoms with E-state index in [9.17, 15) is 14.0 Å². The Kier molecular flexibility index (Phi) is 5.40. The van der Waals surface area contributed by atoms with Gasteiger partial charge in [0, 0.05) is 24.7 Å². The highest BCUT2D eigenvalue weighted by Crippen LogP contribution is 2.25. The Balaban J connectivity index is 2.02. The molecule has 1 aliphatic heterocycles. The van der Waals surface area contributed by atoms with E-state index in [-0.39, 0.29) is 29.3 Å². The van der Waals surface area contributed by atoms with Crippen LogP contribution >= 0.6 is 11.6 Å². The number of amides is 2. The highest BCUT2D eigenvalue weighted by Gasteiger charge is 2.36. The van der Waals surface area contributed by atoms with Crippen LogP contribution in [0.2, 0.25) is 5.02 Å². The predicted octanol–water partition coefficient (Wildman–Crippen LogP) is 3.45. The second-order valence-corrected chi connectivity index (χ2v) is 5.94. The number of hydrogen-bond donors (Lipinski definition) is 1. The summed E-state index contributed by atoms with van der Waals surface area (Å²) in [5, 5.41) is 2.66. The number of carbonyl (C=O) groups excluding carboxylic acids is 2. The molecule has 0 bridgehead atoms. The standard InChI is InChI=1S/C16H20ClFN2O2/c1-3-12(4-2)20-9-10(7-15(20)21)16(22)19-11-5-6-13(17)14(18)8-11/h5-6,8,10,12H,3-4,7,9H2,1-2H3,(H,19,22). The third-order valence-corrected chi connectivity index (χ3v) is 4.41. The van der Waals surface area contributed by atoms with Gasteiger partial charge in [0.2, 0.25) is 11.8 Å². The fourth-order valence-corrected chi connectivity index (χ4v) is 2.93. The smallest absolute Gasteiger partial charge is 0.229 e.